The van der Waals surface area contributed by atoms with Crippen LogP contribution in [0, 0.1) is 17.0 Å². The second-order valence-electron chi connectivity index (χ2n) is 5.50. The molecule has 0 bridgehead atoms. The lowest BCUT2D eigenvalue weighted by Gasteiger charge is -2.19. The Morgan fingerprint density at radius 3 is 2.68 bits per heavy atom. The van der Waals surface area contributed by atoms with Crippen LogP contribution in [0.1, 0.15) is 20.8 Å². The second-order valence-corrected chi connectivity index (χ2v) is 5.50. The van der Waals surface area contributed by atoms with Gasteiger partial charge >= 0.3 is 6.09 Å². The summed E-state index contributed by atoms with van der Waals surface area (Å²) in [5.41, 5.74) is -0.631. The lowest BCUT2D eigenvalue weighted by molar-refractivity contribution is -0.384. The molecular weight excluding hydrogens is 290 g/mol. The Balaban J connectivity index is 2.58. The molecule has 0 aliphatic rings. The third kappa shape index (κ3) is 3.16. The Kier molecular flexibility index (Phi) is 4.03. The molecule has 8 nitrogen and oxygen atoms in total. The van der Waals surface area contributed by atoms with E-state index in [4.69, 9.17) is 9.47 Å². The van der Waals surface area contributed by atoms with Crippen molar-refractivity contribution < 1.29 is 19.2 Å². The molecule has 0 saturated carbocycles. The number of benzene rings is 1. The highest BCUT2D eigenvalue weighted by atomic mass is 16.6. The Morgan fingerprint density at radius 2 is 2.14 bits per heavy atom. The van der Waals surface area contributed by atoms with Crippen molar-refractivity contribution in [3.63, 3.8) is 0 Å². The molecule has 0 unspecified atom stereocenters. The maximum Gasteiger partial charge on any atom is 0.435 e. The van der Waals surface area contributed by atoms with Crippen LogP contribution in [0.15, 0.2) is 18.2 Å². The maximum atomic E-state index is 12.2. The summed E-state index contributed by atoms with van der Waals surface area (Å²) in [6.45, 7) is 8.80. The number of carbonyl (C=O) groups is 1. The van der Waals surface area contributed by atoms with Crippen molar-refractivity contribution in [3.8, 4) is 5.88 Å². The fourth-order valence-electron chi connectivity index (χ4n) is 1.84. The molecule has 1 aromatic heterocycles. The summed E-state index contributed by atoms with van der Waals surface area (Å²) in [5, 5.41) is 15.4. The lowest BCUT2D eigenvalue weighted by Crippen LogP contribution is -2.27. The zero-order valence-electron chi connectivity index (χ0n) is 12.5. The Labute approximate surface area is 126 Å². The lowest BCUT2D eigenvalue weighted by atomic mass is 10.2. The van der Waals surface area contributed by atoms with Gasteiger partial charge in [-0.25, -0.2) is 4.79 Å². The van der Waals surface area contributed by atoms with Crippen molar-refractivity contribution in [3.05, 3.63) is 35.2 Å². The summed E-state index contributed by atoms with van der Waals surface area (Å²) in [5.74, 6) is 0.172. The van der Waals surface area contributed by atoms with Gasteiger partial charge in [0.05, 0.1) is 22.4 Å². The number of ether oxygens (including phenoxy) is 2. The fourth-order valence-corrected chi connectivity index (χ4v) is 1.84. The molecule has 0 aliphatic heterocycles. The van der Waals surface area contributed by atoms with Crippen molar-refractivity contribution in [2.45, 2.75) is 26.4 Å². The molecule has 117 valence electrons. The number of nitro groups is 1. The summed E-state index contributed by atoms with van der Waals surface area (Å²) < 4.78 is 11.5. The largest absolute Gasteiger partial charge is 0.476 e. The smallest absolute Gasteiger partial charge is 0.435 e. The average Bonchev–Trinajstić information content (AvgIpc) is 2.75. The minimum absolute atomic E-state index is 0.109. The van der Waals surface area contributed by atoms with Crippen LogP contribution >= 0.6 is 0 Å². The predicted octanol–water partition coefficient (Wildman–Crippen LogP) is 2.94. The quantitative estimate of drug-likeness (QED) is 0.639. The summed E-state index contributed by atoms with van der Waals surface area (Å²) in [6.07, 6.45) is -0.739. The van der Waals surface area contributed by atoms with Crippen LogP contribution in [-0.2, 0) is 4.74 Å². The summed E-state index contributed by atoms with van der Waals surface area (Å²) >= 11 is 0. The molecule has 2 aromatic rings. The standard InChI is InChI=1S/C14H16N3O5/c1-5-21-12-10-7-6-9(17(19)20)8-11(10)16(15-12)13(18)22-14(2,3)4/h6-8H,1,5H2,2-4H3. The van der Waals surface area contributed by atoms with E-state index in [2.05, 4.69) is 12.0 Å². The van der Waals surface area contributed by atoms with Crippen molar-refractivity contribution in [2.24, 2.45) is 0 Å². The molecule has 0 atom stereocenters. The van der Waals surface area contributed by atoms with Crippen molar-refractivity contribution in [2.75, 3.05) is 6.61 Å². The minimum atomic E-state index is -0.739. The number of rotatable bonds is 3. The molecule has 2 rings (SSSR count). The predicted molar refractivity (Wildman–Crippen MR) is 78.9 cm³/mol. The first-order valence-corrected chi connectivity index (χ1v) is 6.55. The van der Waals surface area contributed by atoms with Gasteiger partial charge < -0.3 is 9.47 Å². The Hall–Kier alpha value is -2.64. The van der Waals surface area contributed by atoms with Crippen LogP contribution in [-0.4, -0.2) is 33.0 Å². The highest BCUT2D eigenvalue weighted by Gasteiger charge is 2.24. The molecule has 1 aromatic carbocycles. The highest BCUT2D eigenvalue weighted by molar-refractivity contribution is 5.92. The number of non-ortho nitro benzene ring substituents is 1. The van der Waals surface area contributed by atoms with Gasteiger partial charge in [-0.3, -0.25) is 10.1 Å². The topological polar surface area (TPSA) is 96.5 Å². The molecule has 0 aliphatic carbocycles. The first kappa shape index (κ1) is 15.7. The van der Waals surface area contributed by atoms with Crippen molar-refractivity contribution in [1.82, 2.24) is 9.78 Å². The van der Waals surface area contributed by atoms with Crippen molar-refractivity contribution in [1.29, 1.82) is 0 Å². The number of fused-ring (bicyclic) bond motifs is 1. The minimum Gasteiger partial charge on any atom is -0.476 e. The molecule has 0 fully saturated rings. The normalized spacial score (nSPS) is 11.5. The third-order valence-electron chi connectivity index (χ3n) is 2.65. The Bertz CT molecular complexity index is 730. The first-order chi connectivity index (χ1) is 10.2. The molecular formula is C14H16N3O5. The van der Waals surface area contributed by atoms with E-state index in [1.165, 1.54) is 18.2 Å². The van der Waals surface area contributed by atoms with Crippen LogP contribution < -0.4 is 4.74 Å². The zero-order valence-corrected chi connectivity index (χ0v) is 12.5. The molecule has 0 N–H and O–H groups in total. The van der Waals surface area contributed by atoms with E-state index < -0.39 is 16.6 Å². The number of carbonyl (C=O) groups excluding carboxylic acids is 1. The van der Waals surface area contributed by atoms with E-state index in [-0.39, 0.29) is 23.7 Å². The van der Waals surface area contributed by atoms with Crippen LogP contribution in [0.25, 0.3) is 10.9 Å². The summed E-state index contributed by atoms with van der Waals surface area (Å²) in [4.78, 5) is 22.6. The van der Waals surface area contributed by atoms with Gasteiger partial charge in [0.2, 0.25) is 5.88 Å². The fraction of sp³-hybridized carbons (Fsp3) is 0.357. The van der Waals surface area contributed by atoms with Crippen LogP contribution in [0.4, 0.5) is 10.5 Å². The number of aromatic nitrogens is 2. The summed E-state index contributed by atoms with van der Waals surface area (Å²) in [7, 11) is 0. The Morgan fingerprint density at radius 1 is 1.45 bits per heavy atom. The number of hydrogen-bond acceptors (Lipinski definition) is 6. The van der Waals surface area contributed by atoms with E-state index in [0.717, 1.165) is 4.68 Å². The van der Waals surface area contributed by atoms with Gasteiger partial charge in [0.25, 0.3) is 5.69 Å². The van der Waals surface area contributed by atoms with E-state index in [0.29, 0.717) is 5.39 Å². The SMILES string of the molecule is [CH2]COc1nn(C(=O)OC(C)(C)C)c2cc([N+](=O)[O-])ccc12. The molecule has 0 saturated heterocycles. The van der Waals surface area contributed by atoms with Gasteiger partial charge in [-0.2, -0.15) is 4.68 Å². The molecule has 8 heteroatoms. The van der Waals surface area contributed by atoms with Crippen molar-refractivity contribution >= 4 is 22.7 Å². The number of hydrogen-bond donors (Lipinski definition) is 0. The van der Waals surface area contributed by atoms with Gasteiger partial charge in [0.1, 0.15) is 5.60 Å². The molecule has 22 heavy (non-hydrogen) atoms. The van der Waals surface area contributed by atoms with E-state index in [1.807, 2.05) is 0 Å². The van der Waals surface area contributed by atoms with E-state index in [1.54, 1.807) is 20.8 Å². The van der Waals surface area contributed by atoms with Crippen LogP contribution in [0.5, 0.6) is 5.88 Å². The maximum absolute atomic E-state index is 12.2. The average molecular weight is 306 g/mol. The molecule has 1 heterocycles. The number of nitro benzene ring substituents is 1. The molecule has 1 radical (unpaired) electrons. The first-order valence-electron chi connectivity index (χ1n) is 6.55. The van der Waals surface area contributed by atoms with E-state index in [9.17, 15) is 14.9 Å². The zero-order chi connectivity index (χ0) is 16.5. The monoisotopic (exact) mass is 306 g/mol. The van der Waals surface area contributed by atoms with Gasteiger partial charge in [-0.1, -0.05) is 0 Å². The number of nitrogens with zero attached hydrogens (tertiary/aromatic N) is 3. The van der Waals surface area contributed by atoms with Crippen LogP contribution in [0.2, 0.25) is 0 Å². The van der Waals surface area contributed by atoms with Gasteiger partial charge in [0, 0.05) is 12.1 Å². The van der Waals surface area contributed by atoms with Gasteiger partial charge in [-0.05, 0) is 33.8 Å². The molecule has 0 amide bonds. The van der Waals surface area contributed by atoms with Crippen LogP contribution in [0.3, 0.4) is 0 Å². The van der Waals surface area contributed by atoms with Gasteiger partial charge in [-0.15, -0.1) is 5.10 Å². The molecule has 0 spiro atoms. The second kappa shape index (κ2) is 5.63. The highest BCUT2D eigenvalue weighted by Crippen LogP contribution is 2.29. The van der Waals surface area contributed by atoms with E-state index >= 15 is 0 Å². The van der Waals surface area contributed by atoms with Gasteiger partial charge in [0.15, 0.2) is 0 Å². The summed E-state index contributed by atoms with van der Waals surface area (Å²) in [6, 6.07) is 4.05. The third-order valence-corrected chi connectivity index (χ3v) is 2.65.